The van der Waals surface area contributed by atoms with E-state index in [1.165, 1.54) is 7.11 Å². The number of aliphatic hydroxyl groups is 1. The second kappa shape index (κ2) is 4.41. The van der Waals surface area contributed by atoms with Crippen LogP contribution in [0.5, 0.6) is 0 Å². The van der Waals surface area contributed by atoms with E-state index in [4.69, 9.17) is 18.9 Å². The van der Waals surface area contributed by atoms with Gasteiger partial charge in [-0.05, 0) is 13.8 Å². The lowest BCUT2D eigenvalue weighted by molar-refractivity contribution is -0.218. The van der Waals surface area contributed by atoms with Gasteiger partial charge in [0.05, 0.1) is 7.11 Å². The van der Waals surface area contributed by atoms with Crippen molar-refractivity contribution in [3.63, 3.8) is 0 Å². The monoisotopic (exact) mass is 248 g/mol. The van der Waals surface area contributed by atoms with E-state index in [0.29, 0.717) is 0 Å². The van der Waals surface area contributed by atoms with E-state index in [2.05, 4.69) is 4.74 Å². The van der Waals surface area contributed by atoms with Crippen LogP contribution in [0.4, 0.5) is 4.79 Å². The second-order valence-electron chi connectivity index (χ2n) is 4.40. The predicted octanol–water partition coefficient (Wildman–Crippen LogP) is 0.00670. The molecular formula is C10H16O7. The minimum Gasteiger partial charge on any atom is -0.438 e. The molecule has 0 unspecified atom stereocenters. The van der Waals surface area contributed by atoms with Crippen molar-refractivity contribution >= 4 is 6.16 Å². The van der Waals surface area contributed by atoms with E-state index in [1.54, 1.807) is 13.8 Å². The van der Waals surface area contributed by atoms with E-state index in [-0.39, 0.29) is 6.61 Å². The van der Waals surface area contributed by atoms with Crippen LogP contribution in [0, 0.1) is 0 Å². The summed E-state index contributed by atoms with van der Waals surface area (Å²) in [6.07, 6.45) is -3.57. The summed E-state index contributed by atoms with van der Waals surface area (Å²) in [5.74, 6) is -0.773. The first-order valence-electron chi connectivity index (χ1n) is 5.33. The summed E-state index contributed by atoms with van der Waals surface area (Å²) in [5, 5.41) is 9.91. The Morgan fingerprint density at radius 3 is 2.71 bits per heavy atom. The minimum absolute atomic E-state index is 0.103. The molecule has 98 valence electrons. The molecule has 17 heavy (non-hydrogen) atoms. The van der Waals surface area contributed by atoms with Gasteiger partial charge in [-0.25, -0.2) is 4.79 Å². The van der Waals surface area contributed by atoms with Crippen molar-refractivity contribution in [1.29, 1.82) is 0 Å². The number of carbonyl (C=O) groups excluding carboxylic acids is 1. The Bertz CT molecular complexity index is 303. The summed E-state index contributed by atoms with van der Waals surface area (Å²) < 4.78 is 25.3. The quantitative estimate of drug-likeness (QED) is 0.689. The number of fused-ring (bicyclic) bond motifs is 1. The number of rotatable bonds is 2. The van der Waals surface area contributed by atoms with Crippen molar-refractivity contribution in [2.24, 2.45) is 0 Å². The SMILES string of the molecule is COC(=O)OC[C@H]1O[C@H]2OC(C)(C)O[C@@H]2[C@H]1O. The minimum atomic E-state index is -0.897. The summed E-state index contributed by atoms with van der Waals surface area (Å²) >= 11 is 0. The maximum absolute atomic E-state index is 10.8. The summed E-state index contributed by atoms with van der Waals surface area (Å²) in [7, 11) is 1.21. The van der Waals surface area contributed by atoms with Crippen molar-refractivity contribution in [2.45, 2.75) is 44.2 Å². The van der Waals surface area contributed by atoms with Crippen molar-refractivity contribution in [3.8, 4) is 0 Å². The highest BCUT2D eigenvalue weighted by Gasteiger charge is 2.54. The lowest BCUT2D eigenvalue weighted by Crippen LogP contribution is -2.37. The van der Waals surface area contributed by atoms with Crippen molar-refractivity contribution in [1.82, 2.24) is 0 Å². The average Bonchev–Trinajstić information content (AvgIpc) is 2.70. The van der Waals surface area contributed by atoms with E-state index in [9.17, 15) is 9.90 Å². The molecule has 0 aromatic carbocycles. The third-order valence-corrected chi connectivity index (χ3v) is 2.65. The molecule has 7 heteroatoms. The molecule has 2 aliphatic rings. The first kappa shape index (κ1) is 12.6. The molecule has 0 radical (unpaired) electrons. The Labute approximate surface area is 98.5 Å². The van der Waals surface area contributed by atoms with Gasteiger partial charge in [0.2, 0.25) is 0 Å². The maximum atomic E-state index is 10.8. The highest BCUT2D eigenvalue weighted by Crippen LogP contribution is 2.37. The summed E-state index contributed by atoms with van der Waals surface area (Å²) in [5.41, 5.74) is 0. The fourth-order valence-electron chi connectivity index (χ4n) is 1.91. The van der Waals surface area contributed by atoms with Crippen LogP contribution < -0.4 is 0 Å². The van der Waals surface area contributed by atoms with Crippen molar-refractivity contribution in [3.05, 3.63) is 0 Å². The van der Waals surface area contributed by atoms with Crippen LogP contribution in [0.2, 0.25) is 0 Å². The molecule has 0 bridgehead atoms. The Kier molecular flexibility index (Phi) is 3.26. The Balaban J connectivity index is 1.87. The molecule has 2 saturated heterocycles. The van der Waals surface area contributed by atoms with Gasteiger partial charge in [0.15, 0.2) is 12.1 Å². The Hall–Kier alpha value is -0.890. The highest BCUT2D eigenvalue weighted by atomic mass is 16.8. The number of methoxy groups -OCH3 is 1. The topological polar surface area (TPSA) is 83.5 Å². The van der Waals surface area contributed by atoms with Crippen LogP contribution in [0.25, 0.3) is 0 Å². The molecule has 0 saturated carbocycles. The largest absolute Gasteiger partial charge is 0.508 e. The molecule has 4 atom stereocenters. The number of hydrogen-bond acceptors (Lipinski definition) is 7. The van der Waals surface area contributed by atoms with E-state index in [0.717, 1.165) is 0 Å². The van der Waals surface area contributed by atoms with E-state index in [1.807, 2.05) is 0 Å². The van der Waals surface area contributed by atoms with E-state index < -0.39 is 36.5 Å². The third-order valence-electron chi connectivity index (χ3n) is 2.65. The van der Waals surface area contributed by atoms with Crippen LogP contribution in [0.15, 0.2) is 0 Å². The zero-order valence-electron chi connectivity index (χ0n) is 9.91. The molecule has 7 nitrogen and oxygen atoms in total. The first-order valence-corrected chi connectivity index (χ1v) is 5.33. The predicted molar refractivity (Wildman–Crippen MR) is 53.1 cm³/mol. The fraction of sp³-hybridized carbons (Fsp3) is 0.900. The number of aliphatic hydroxyl groups excluding tert-OH is 1. The van der Waals surface area contributed by atoms with Gasteiger partial charge in [-0.15, -0.1) is 0 Å². The summed E-state index contributed by atoms with van der Waals surface area (Å²) in [6.45, 7) is 3.37. The molecule has 2 heterocycles. The Morgan fingerprint density at radius 2 is 2.12 bits per heavy atom. The maximum Gasteiger partial charge on any atom is 0.508 e. The lowest BCUT2D eigenvalue weighted by Gasteiger charge is -2.22. The molecule has 0 aromatic heterocycles. The molecule has 2 aliphatic heterocycles. The van der Waals surface area contributed by atoms with Gasteiger partial charge in [0.25, 0.3) is 0 Å². The molecule has 0 spiro atoms. The zero-order valence-corrected chi connectivity index (χ0v) is 9.91. The molecule has 1 N–H and O–H groups in total. The van der Waals surface area contributed by atoms with Crippen molar-refractivity contribution < 1.29 is 33.6 Å². The molecule has 0 aliphatic carbocycles. The van der Waals surface area contributed by atoms with Gasteiger partial charge in [0.1, 0.15) is 24.9 Å². The standard InChI is InChI=1S/C10H16O7/c1-10(2)16-7-6(11)5(15-8(7)17-10)4-14-9(12)13-3/h5-8,11H,4H2,1-3H3/t5-,6+,7-,8+/m1/s1. The highest BCUT2D eigenvalue weighted by molar-refractivity contribution is 5.59. The first-order chi connectivity index (χ1) is 7.93. The summed E-state index contributed by atoms with van der Waals surface area (Å²) in [6, 6.07) is 0. The lowest BCUT2D eigenvalue weighted by atomic mass is 10.1. The van der Waals surface area contributed by atoms with Gasteiger partial charge in [-0.2, -0.15) is 0 Å². The average molecular weight is 248 g/mol. The van der Waals surface area contributed by atoms with Crippen LogP contribution in [0.3, 0.4) is 0 Å². The van der Waals surface area contributed by atoms with E-state index >= 15 is 0 Å². The molecular weight excluding hydrogens is 232 g/mol. The molecule has 2 rings (SSSR count). The smallest absolute Gasteiger partial charge is 0.438 e. The van der Waals surface area contributed by atoms with Gasteiger partial charge in [-0.3, -0.25) is 0 Å². The third kappa shape index (κ3) is 2.52. The van der Waals surface area contributed by atoms with Gasteiger partial charge in [-0.1, -0.05) is 0 Å². The molecule has 0 amide bonds. The zero-order chi connectivity index (χ0) is 12.6. The molecule has 2 fully saturated rings. The van der Waals surface area contributed by atoms with Crippen LogP contribution >= 0.6 is 0 Å². The van der Waals surface area contributed by atoms with Crippen molar-refractivity contribution in [2.75, 3.05) is 13.7 Å². The number of ether oxygens (including phenoxy) is 5. The van der Waals surface area contributed by atoms with Crippen LogP contribution in [0.1, 0.15) is 13.8 Å². The fourth-order valence-corrected chi connectivity index (χ4v) is 1.91. The van der Waals surface area contributed by atoms with Crippen LogP contribution in [-0.4, -0.2) is 55.4 Å². The Morgan fingerprint density at radius 1 is 1.41 bits per heavy atom. The normalized spacial score (nSPS) is 38.8. The number of carbonyl (C=O) groups is 1. The van der Waals surface area contributed by atoms with Gasteiger partial charge >= 0.3 is 6.16 Å². The van der Waals surface area contributed by atoms with Crippen LogP contribution in [-0.2, 0) is 23.7 Å². The second-order valence-corrected chi connectivity index (χ2v) is 4.40. The molecule has 0 aromatic rings. The van der Waals surface area contributed by atoms with Gasteiger partial charge in [0, 0.05) is 0 Å². The number of hydrogen-bond donors (Lipinski definition) is 1. The van der Waals surface area contributed by atoms with Gasteiger partial charge < -0.3 is 28.8 Å². The summed E-state index contributed by atoms with van der Waals surface area (Å²) in [4.78, 5) is 10.8.